The SMILES string of the molecule is Cn1nc(C2CCC(=O)NC2=O)c2ccc(C3CCN(CC4CCN(c5ncc(F)c(Nc6cc7c8c(c(=O)n(C)c7cc6F)OCC(F)(F)[C@H](C6CC6)N8)n5)CC4)CC3)c(F)c21. The topological polar surface area (TPSA) is 152 Å². The van der Waals surface area contributed by atoms with Gasteiger partial charge >= 0.3 is 5.92 Å². The average Bonchev–Trinajstić information content (AvgIpc) is 4.06. The molecule has 63 heavy (non-hydrogen) atoms. The van der Waals surface area contributed by atoms with E-state index in [0.29, 0.717) is 60.4 Å². The van der Waals surface area contributed by atoms with Crippen LogP contribution in [0.15, 0.2) is 35.3 Å². The molecule has 1 saturated carbocycles. The number of pyridine rings is 1. The van der Waals surface area contributed by atoms with Crippen LogP contribution in [0.4, 0.5) is 45.1 Å². The molecule has 2 amide bonds. The molecule has 2 aromatic carbocycles. The van der Waals surface area contributed by atoms with Crippen molar-refractivity contribution in [2.75, 3.05) is 54.9 Å². The molecule has 0 spiro atoms. The van der Waals surface area contributed by atoms with Crippen LogP contribution in [0.2, 0.25) is 0 Å². The zero-order chi connectivity index (χ0) is 43.9. The molecule has 0 radical (unpaired) electrons. The van der Waals surface area contributed by atoms with E-state index in [1.54, 1.807) is 7.05 Å². The highest BCUT2D eigenvalue weighted by atomic mass is 19.3. The second-order valence-electron chi connectivity index (χ2n) is 17.8. The number of rotatable bonds is 8. The quantitative estimate of drug-likeness (QED) is 0.121. The summed E-state index contributed by atoms with van der Waals surface area (Å²) in [6.07, 6.45) is 6.05. The maximum absolute atomic E-state index is 16.2. The van der Waals surface area contributed by atoms with Gasteiger partial charge < -0.3 is 29.7 Å². The number of aromatic nitrogens is 5. The highest BCUT2D eigenvalue weighted by Crippen LogP contribution is 2.46. The fourth-order valence-corrected chi connectivity index (χ4v) is 10.0. The number of fused-ring (bicyclic) bond motifs is 4. The Balaban J connectivity index is 0.781. The molecule has 332 valence electrons. The van der Waals surface area contributed by atoms with E-state index >= 15 is 22.0 Å². The number of nitrogens with zero attached hydrogens (tertiary/aromatic N) is 7. The number of piperidine rings is 3. The van der Waals surface area contributed by atoms with E-state index in [-0.39, 0.29) is 69.8 Å². The normalized spacial score (nSPS) is 22.4. The Bertz CT molecular complexity index is 2720. The highest BCUT2D eigenvalue weighted by Gasteiger charge is 2.51. The first-order valence-corrected chi connectivity index (χ1v) is 21.6. The molecule has 5 aliphatic rings. The summed E-state index contributed by atoms with van der Waals surface area (Å²) in [7, 11) is 3.08. The number of amides is 2. The average molecular weight is 875 g/mol. The van der Waals surface area contributed by atoms with Crippen LogP contribution in [-0.4, -0.2) is 92.3 Å². The van der Waals surface area contributed by atoms with Crippen LogP contribution >= 0.6 is 0 Å². The molecule has 3 aromatic heterocycles. The summed E-state index contributed by atoms with van der Waals surface area (Å²) in [5, 5.41) is 13.4. The van der Waals surface area contributed by atoms with E-state index in [1.165, 1.54) is 17.8 Å². The van der Waals surface area contributed by atoms with Gasteiger partial charge in [-0.2, -0.15) is 10.1 Å². The molecule has 7 heterocycles. The second kappa shape index (κ2) is 15.7. The molecule has 19 heteroatoms. The third-order valence-electron chi connectivity index (χ3n) is 13.7. The molecule has 0 bridgehead atoms. The van der Waals surface area contributed by atoms with Crippen molar-refractivity contribution in [3.63, 3.8) is 0 Å². The smallest absolute Gasteiger partial charge is 0.301 e. The van der Waals surface area contributed by atoms with E-state index in [9.17, 15) is 14.4 Å². The van der Waals surface area contributed by atoms with Gasteiger partial charge in [0, 0.05) is 57.0 Å². The number of nitrogens with one attached hydrogen (secondary N) is 3. The summed E-state index contributed by atoms with van der Waals surface area (Å²) < 4.78 is 85.4. The number of hydrogen-bond acceptors (Lipinski definition) is 11. The van der Waals surface area contributed by atoms with Crippen LogP contribution in [-0.2, 0) is 23.7 Å². The fraction of sp³-hybridized carbons (Fsp3) is 0.500. The van der Waals surface area contributed by atoms with Crippen molar-refractivity contribution >= 4 is 56.8 Å². The number of carbonyl (C=O) groups excluding carboxylic acids is 2. The molecule has 1 unspecified atom stereocenters. The van der Waals surface area contributed by atoms with Gasteiger partial charge in [0.2, 0.25) is 23.5 Å². The van der Waals surface area contributed by atoms with Gasteiger partial charge in [-0.15, -0.1) is 0 Å². The minimum atomic E-state index is -3.25. The number of benzene rings is 2. The van der Waals surface area contributed by atoms with Gasteiger partial charge in [0.25, 0.3) is 5.56 Å². The summed E-state index contributed by atoms with van der Waals surface area (Å²) in [4.78, 5) is 50.5. The Hall–Kier alpha value is -5.85. The zero-order valence-corrected chi connectivity index (χ0v) is 34.8. The molecule has 14 nitrogen and oxygen atoms in total. The number of halogens is 5. The fourth-order valence-electron chi connectivity index (χ4n) is 10.0. The third-order valence-corrected chi connectivity index (χ3v) is 13.7. The molecule has 3 N–H and O–H groups in total. The molecule has 4 fully saturated rings. The zero-order valence-electron chi connectivity index (χ0n) is 34.8. The Labute approximate surface area is 358 Å². The lowest BCUT2D eigenvalue weighted by molar-refractivity contribution is -0.134. The maximum Gasteiger partial charge on any atom is 0.301 e. The monoisotopic (exact) mass is 874 g/mol. The summed E-state index contributed by atoms with van der Waals surface area (Å²) in [5.41, 5.74) is 0.832. The number of aryl methyl sites for hydroxylation is 2. The van der Waals surface area contributed by atoms with Crippen LogP contribution < -0.4 is 31.1 Å². The molecule has 2 atom stereocenters. The predicted molar refractivity (Wildman–Crippen MR) is 224 cm³/mol. The Morgan fingerprint density at radius 3 is 2.41 bits per heavy atom. The molecule has 5 aromatic rings. The van der Waals surface area contributed by atoms with Gasteiger partial charge in [-0.1, -0.05) is 12.1 Å². The van der Waals surface area contributed by atoms with Crippen LogP contribution in [0.5, 0.6) is 5.75 Å². The summed E-state index contributed by atoms with van der Waals surface area (Å²) in [6.45, 7) is 2.77. The lowest BCUT2D eigenvalue weighted by Crippen LogP contribution is -2.44. The van der Waals surface area contributed by atoms with Gasteiger partial charge in [-0.25, -0.2) is 26.9 Å². The van der Waals surface area contributed by atoms with Crippen molar-refractivity contribution in [2.45, 2.75) is 75.2 Å². The summed E-state index contributed by atoms with van der Waals surface area (Å²) in [5.74, 6) is -6.67. The number of alkyl halides is 2. The molecular weight excluding hydrogens is 828 g/mol. The van der Waals surface area contributed by atoms with E-state index in [2.05, 4.69) is 35.9 Å². The minimum Gasteiger partial charge on any atom is -0.480 e. The molecule has 1 aliphatic carbocycles. The van der Waals surface area contributed by atoms with Gasteiger partial charge in [-0.05, 0) is 87.4 Å². The Morgan fingerprint density at radius 1 is 0.921 bits per heavy atom. The number of carbonyl (C=O) groups is 2. The number of ether oxygens (including phenoxy) is 1. The van der Waals surface area contributed by atoms with Crippen molar-refractivity contribution in [3.8, 4) is 5.75 Å². The first-order valence-electron chi connectivity index (χ1n) is 21.6. The molecular formula is C44H47F5N10O4. The standard InChI is InChI=1S/C44H47F5N10O4/c1-56-32-18-29(45)31(17-28(32)36-38(42(56)62)63-21-44(48,49)39(53-36)24-3-4-24)51-40-30(46)19-50-43(54-40)59-15-9-22(10-16-59)20-58-13-11-23(12-14-58)25-5-6-26-35(55-57(2)37(26)34(25)47)27-7-8-33(60)52-41(27)61/h5-6,17-19,22-24,27,39,53H,3-4,7-16,20-21H2,1-2H3,(H,50,51,54)(H,52,60,61)/t27?,39-/m0/s1. The van der Waals surface area contributed by atoms with E-state index in [0.717, 1.165) is 62.1 Å². The van der Waals surface area contributed by atoms with Crippen molar-refractivity contribution in [1.82, 2.24) is 34.5 Å². The van der Waals surface area contributed by atoms with Gasteiger partial charge in [0.05, 0.1) is 40.7 Å². The van der Waals surface area contributed by atoms with Crippen molar-refractivity contribution < 1.29 is 36.3 Å². The minimum absolute atomic E-state index is 0.0324. The largest absolute Gasteiger partial charge is 0.480 e. The Kier molecular flexibility index (Phi) is 10.3. The first kappa shape index (κ1) is 41.2. The highest BCUT2D eigenvalue weighted by molar-refractivity contribution is 6.02. The molecule has 4 aliphatic heterocycles. The van der Waals surface area contributed by atoms with E-state index < -0.39 is 47.6 Å². The number of anilines is 4. The van der Waals surface area contributed by atoms with Gasteiger partial charge in [0.1, 0.15) is 11.3 Å². The number of likely N-dealkylation sites (tertiary alicyclic amines) is 1. The molecule has 10 rings (SSSR count). The van der Waals surface area contributed by atoms with Crippen molar-refractivity contribution in [3.05, 3.63) is 69.5 Å². The number of imide groups is 1. The van der Waals surface area contributed by atoms with Crippen molar-refractivity contribution in [2.24, 2.45) is 25.9 Å². The van der Waals surface area contributed by atoms with Crippen LogP contribution in [0.3, 0.4) is 0 Å². The Morgan fingerprint density at radius 2 is 1.68 bits per heavy atom. The summed E-state index contributed by atoms with van der Waals surface area (Å²) >= 11 is 0. The lowest BCUT2D eigenvalue weighted by Gasteiger charge is -2.38. The van der Waals surface area contributed by atoms with Crippen LogP contribution in [0, 0.1) is 29.3 Å². The van der Waals surface area contributed by atoms with E-state index in [4.69, 9.17) is 4.74 Å². The first-order chi connectivity index (χ1) is 30.2. The van der Waals surface area contributed by atoms with E-state index in [1.807, 2.05) is 17.0 Å². The van der Waals surface area contributed by atoms with Crippen LogP contribution in [0.1, 0.15) is 74.5 Å². The molecule has 3 saturated heterocycles. The third kappa shape index (κ3) is 7.50. The lowest BCUT2D eigenvalue weighted by atomic mass is 9.86. The van der Waals surface area contributed by atoms with Crippen molar-refractivity contribution in [1.29, 1.82) is 0 Å². The summed E-state index contributed by atoms with van der Waals surface area (Å²) in [6, 6.07) is 4.85. The number of hydrogen-bond donors (Lipinski definition) is 3. The predicted octanol–water partition coefficient (Wildman–Crippen LogP) is 6.21. The second-order valence-corrected chi connectivity index (χ2v) is 17.8. The van der Waals surface area contributed by atoms with Gasteiger partial charge in [-0.3, -0.25) is 24.4 Å². The maximum atomic E-state index is 16.2. The van der Waals surface area contributed by atoms with Crippen LogP contribution in [0.25, 0.3) is 21.8 Å². The van der Waals surface area contributed by atoms with Gasteiger partial charge in [0.15, 0.2) is 24.1 Å².